The number of hydrogen-bond acceptors (Lipinski definition) is 4. The summed E-state index contributed by atoms with van der Waals surface area (Å²) < 4.78 is 0. The van der Waals surface area contributed by atoms with Crippen LogP contribution in [0, 0.1) is 11.3 Å². The van der Waals surface area contributed by atoms with E-state index in [1.54, 1.807) is 11.1 Å². The zero-order chi connectivity index (χ0) is 16.4. The zero-order valence-corrected chi connectivity index (χ0v) is 13.2. The van der Waals surface area contributed by atoms with Gasteiger partial charge in [0.1, 0.15) is 6.04 Å². The van der Waals surface area contributed by atoms with Gasteiger partial charge >= 0.3 is 0 Å². The first-order valence-electron chi connectivity index (χ1n) is 7.48. The van der Waals surface area contributed by atoms with E-state index in [0.717, 1.165) is 23.4 Å². The molecule has 0 radical (unpaired) electrons. The van der Waals surface area contributed by atoms with E-state index in [1.165, 1.54) is 0 Å². The lowest BCUT2D eigenvalue weighted by molar-refractivity contribution is 0.0742. The van der Waals surface area contributed by atoms with Gasteiger partial charge in [-0.3, -0.25) is 9.78 Å². The maximum absolute atomic E-state index is 12.6. The average molecular weight is 306 g/mol. The Kier molecular flexibility index (Phi) is 4.09. The molecule has 0 aliphatic carbocycles. The fourth-order valence-electron chi connectivity index (χ4n) is 2.91. The van der Waals surface area contributed by atoms with Crippen LogP contribution in [0.15, 0.2) is 42.6 Å². The summed E-state index contributed by atoms with van der Waals surface area (Å²) in [6, 6.07) is 13.0. The zero-order valence-electron chi connectivity index (χ0n) is 13.2. The van der Waals surface area contributed by atoms with E-state index < -0.39 is 6.04 Å². The average Bonchev–Trinajstić information content (AvgIpc) is 2.79. The van der Waals surface area contributed by atoms with Crippen LogP contribution in [0.25, 0.3) is 0 Å². The van der Waals surface area contributed by atoms with Crippen molar-refractivity contribution in [3.63, 3.8) is 0 Å². The van der Waals surface area contributed by atoms with E-state index in [-0.39, 0.29) is 5.91 Å². The van der Waals surface area contributed by atoms with Crippen LogP contribution in [-0.2, 0) is 13.1 Å². The first-order valence-corrected chi connectivity index (χ1v) is 7.48. The molecule has 23 heavy (non-hydrogen) atoms. The summed E-state index contributed by atoms with van der Waals surface area (Å²) in [4.78, 5) is 20.5. The molecule has 1 aromatic heterocycles. The number of carbonyl (C=O) groups is 1. The Labute approximate surface area is 135 Å². The lowest BCUT2D eigenvalue weighted by atomic mass is 10.0. The summed E-state index contributed by atoms with van der Waals surface area (Å²) in [5, 5.41) is 9.58. The molecular formula is C18H18N4O. The van der Waals surface area contributed by atoms with Crippen LogP contribution < -0.4 is 0 Å². The molecular weight excluding hydrogens is 288 g/mol. The summed E-state index contributed by atoms with van der Waals surface area (Å²) in [5.74, 6) is -0.103. The molecule has 1 amide bonds. The molecule has 0 saturated heterocycles. The van der Waals surface area contributed by atoms with Gasteiger partial charge in [0.15, 0.2) is 0 Å². The minimum absolute atomic E-state index is 0.103. The number of pyridine rings is 1. The third-order valence-electron chi connectivity index (χ3n) is 3.89. The van der Waals surface area contributed by atoms with Crippen molar-refractivity contribution in [2.45, 2.75) is 19.1 Å². The van der Waals surface area contributed by atoms with Crippen molar-refractivity contribution in [2.24, 2.45) is 0 Å². The van der Waals surface area contributed by atoms with Crippen molar-refractivity contribution in [2.75, 3.05) is 14.1 Å². The van der Waals surface area contributed by atoms with Crippen molar-refractivity contribution < 1.29 is 4.79 Å². The van der Waals surface area contributed by atoms with E-state index in [1.807, 2.05) is 50.5 Å². The third kappa shape index (κ3) is 2.94. The van der Waals surface area contributed by atoms with Crippen LogP contribution in [0.5, 0.6) is 0 Å². The standard InChI is InChI=1S/C18H18N4O/c1-21(2)11-13-6-7-15-16(9-13)17(10-19)22(18(15)23)12-14-5-3-4-8-20-14/h3-9,17H,11-12H2,1-2H3. The number of aromatic nitrogens is 1. The summed E-state index contributed by atoms with van der Waals surface area (Å²) >= 11 is 0. The Morgan fingerprint density at radius 2 is 2.13 bits per heavy atom. The molecule has 1 aromatic carbocycles. The molecule has 5 nitrogen and oxygen atoms in total. The fraction of sp³-hybridized carbons (Fsp3) is 0.278. The van der Waals surface area contributed by atoms with Gasteiger partial charge in [-0.15, -0.1) is 0 Å². The Morgan fingerprint density at radius 3 is 2.78 bits per heavy atom. The molecule has 1 aliphatic rings. The van der Waals surface area contributed by atoms with Gasteiger partial charge in [0.25, 0.3) is 5.91 Å². The largest absolute Gasteiger partial charge is 0.313 e. The second kappa shape index (κ2) is 6.19. The predicted molar refractivity (Wildman–Crippen MR) is 86.3 cm³/mol. The highest BCUT2D eigenvalue weighted by Crippen LogP contribution is 2.34. The molecule has 0 saturated carbocycles. The minimum atomic E-state index is -0.554. The molecule has 0 bridgehead atoms. The minimum Gasteiger partial charge on any atom is -0.313 e. The summed E-state index contributed by atoms with van der Waals surface area (Å²) in [6.45, 7) is 1.12. The predicted octanol–water partition coefficient (Wildman–Crippen LogP) is 2.36. The number of rotatable bonds is 4. The second-order valence-corrected chi connectivity index (χ2v) is 5.95. The van der Waals surface area contributed by atoms with E-state index in [4.69, 9.17) is 0 Å². The molecule has 2 aromatic rings. The highest BCUT2D eigenvalue weighted by atomic mass is 16.2. The smallest absolute Gasteiger partial charge is 0.255 e. The number of benzene rings is 1. The lowest BCUT2D eigenvalue weighted by Crippen LogP contribution is -2.27. The normalized spacial score (nSPS) is 16.5. The van der Waals surface area contributed by atoms with Gasteiger partial charge in [0.05, 0.1) is 18.3 Å². The maximum atomic E-state index is 12.6. The topological polar surface area (TPSA) is 60.2 Å². The summed E-state index contributed by atoms with van der Waals surface area (Å²) in [7, 11) is 3.99. The van der Waals surface area contributed by atoms with Crippen molar-refractivity contribution in [1.82, 2.24) is 14.8 Å². The molecule has 1 unspecified atom stereocenters. The van der Waals surface area contributed by atoms with Crippen molar-refractivity contribution >= 4 is 5.91 Å². The maximum Gasteiger partial charge on any atom is 0.255 e. The summed E-state index contributed by atoms with van der Waals surface area (Å²) in [6.07, 6.45) is 1.69. The van der Waals surface area contributed by atoms with Gasteiger partial charge in [-0.05, 0) is 37.9 Å². The van der Waals surface area contributed by atoms with Gasteiger partial charge < -0.3 is 9.80 Å². The SMILES string of the molecule is CN(C)Cc1ccc2c(c1)C(C#N)N(Cc1ccccn1)C2=O. The van der Waals surface area contributed by atoms with Crippen molar-refractivity contribution in [3.05, 3.63) is 65.0 Å². The first kappa shape index (κ1) is 15.2. The quantitative estimate of drug-likeness (QED) is 0.870. The van der Waals surface area contributed by atoms with Gasteiger partial charge in [-0.1, -0.05) is 18.2 Å². The molecule has 1 atom stereocenters. The molecule has 0 N–H and O–H groups in total. The van der Waals surface area contributed by atoms with Gasteiger partial charge in [-0.2, -0.15) is 5.26 Å². The Morgan fingerprint density at radius 1 is 1.30 bits per heavy atom. The van der Waals surface area contributed by atoms with Crippen LogP contribution in [-0.4, -0.2) is 34.8 Å². The van der Waals surface area contributed by atoms with Crippen LogP contribution in [0.4, 0.5) is 0 Å². The van der Waals surface area contributed by atoms with E-state index in [9.17, 15) is 10.1 Å². The van der Waals surface area contributed by atoms with Gasteiger partial charge in [0, 0.05) is 23.9 Å². The van der Waals surface area contributed by atoms with Crippen LogP contribution in [0.1, 0.15) is 33.2 Å². The molecule has 3 rings (SSSR count). The lowest BCUT2D eigenvalue weighted by Gasteiger charge is -2.19. The summed E-state index contributed by atoms with van der Waals surface area (Å²) in [5.41, 5.74) is 3.30. The Bertz CT molecular complexity index is 764. The third-order valence-corrected chi connectivity index (χ3v) is 3.89. The Balaban J connectivity index is 1.92. The van der Waals surface area contributed by atoms with E-state index in [0.29, 0.717) is 12.1 Å². The molecule has 116 valence electrons. The molecule has 2 heterocycles. The highest BCUT2D eigenvalue weighted by molar-refractivity contribution is 5.99. The fourth-order valence-corrected chi connectivity index (χ4v) is 2.91. The van der Waals surface area contributed by atoms with Crippen molar-refractivity contribution in [1.29, 1.82) is 5.26 Å². The molecule has 5 heteroatoms. The number of hydrogen-bond donors (Lipinski definition) is 0. The number of fused-ring (bicyclic) bond motifs is 1. The molecule has 0 fully saturated rings. The van der Waals surface area contributed by atoms with Crippen LogP contribution in [0.2, 0.25) is 0 Å². The number of amides is 1. The van der Waals surface area contributed by atoms with Crippen LogP contribution >= 0.6 is 0 Å². The highest BCUT2D eigenvalue weighted by Gasteiger charge is 2.37. The van der Waals surface area contributed by atoms with Gasteiger partial charge in [0.2, 0.25) is 0 Å². The molecule has 1 aliphatic heterocycles. The van der Waals surface area contributed by atoms with Crippen LogP contribution in [0.3, 0.4) is 0 Å². The van der Waals surface area contributed by atoms with Crippen molar-refractivity contribution in [3.8, 4) is 6.07 Å². The first-order chi connectivity index (χ1) is 11.1. The number of nitrogens with zero attached hydrogens (tertiary/aromatic N) is 4. The monoisotopic (exact) mass is 306 g/mol. The van der Waals surface area contributed by atoms with E-state index in [2.05, 4.69) is 16.0 Å². The molecule has 0 spiro atoms. The number of carbonyl (C=O) groups excluding carboxylic acids is 1. The number of nitriles is 1. The van der Waals surface area contributed by atoms with E-state index >= 15 is 0 Å². The van der Waals surface area contributed by atoms with Gasteiger partial charge in [-0.25, -0.2) is 0 Å². The Hall–Kier alpha value is -2.71. The second-order valence-electron chi connectivity index (χ2n) is 5.95.